The molecule has 1 aliphatic rings. The van der Waals surface area contributed by atoms with Gasteiger partial charge in [-0.25, -0.2) is 4.39 Å². The second-order valence-electron chi connectivity index (χ2n) is 4.81. The minimum Gasteiger partial charge on any atom is -0.490 e. The van der Waals surface area contributed by atoms with Gasteiger partial charge in [0.2, 0.25) is 5.88 Å². The molecular weight excluding hydrogens is 289 g/mol. The van der Waals surface area contributed by atoms with E-state index in [1.54, 1.807) is 12.3 Å². The van der Waals surface area contributed by atoms with Gasteiger partial charge in [0.05, 0.1) is 31.6 Å². The minimum atomic E-state index is -0.366. The smallest absolute Gasteiger partial charge is 0.234 e. The number of benzene rings is 1. The van der Waals surface area contributed by atoms with Crippen molar-refractivity contribution in [3.8, 4) is 11.6 Å². The van der Waals surface area contributed by atoms with E-state index in [9.17, 15) is 4.39 Å². The Balaban J connectivity index is 1.79. The first kappa shape index (κ1) is 14.5. The number of hydrogen-bond donors (Lipinski definition) is 2. The molecule has 1 atom stereocenters. The fraction of sp³-hybridized carbons (Fsp3) is 0.333. The molecule has 0 aliphatic carbocycles. The van der Waals surface area contributed by atoms with E-state index in [2.05, 4.69) is 15.3 Å². The molecular formula is C15H16FN3O3. The molecule has 0 radical (unpaired) electrons. The van der Waals surface area contributed by atoms with E-state index >= 15 is 0 Å². The molecule has 0 saturated heterocycles. The van der Waals surface area contributed by atoms with Crippen molar-refractivity contribution in [3.05, 3.63) is 42.0 Å². The van der Waals surface area contributed by atoms with Gasteiger partial charge in [-0.1, -0.05) is 12.1 Å². The summed E-state index contributed by atoms with van der Waals surface area (Å²) in [5.41, 5.74) is 0.759. The highest BCUT2D eigenvalue weighted by molar-refractivity contribution is 5.45. The van der Waals surface area contributed by atoms with Gasteiger partial charge in [0.1, 0.15) is 12.4 Å². The molecule has 7 heteroatoms. The molecule has 0 bridgehead atoms. The van der Waals surface area contributed by atoms with Crippen molar-refractivity contribution in [2.75, 3.05) is 25.1 Å². The number of aliphatic hydroxyl groups is 1. The van der Waals surface area contributed by atoms with Gasteiger partial charge in [0.15, 0.2) is 11.6 Å². The Bertz CT molecular complexity index is 654. The molecule has 0 amide bonds. The van der Waals surface area contributed by atoms with Crippen LogP contribution >= 0.6 is 0 Å². The van der Waals surface area contributed by atoms with Gasteiger partial charge < -0.3 is 19.9 Å². The van der Waals surface area contributed by atoms with E-state index in [-0.39, 0.29) is 30.8 Å². The minimum absolute atomic E-state index is 0.0913. The van der Waals surface area contributed by atoms with Crippen LogP contribution in [0.4, 0.5) is 10.2 Å². The Morgan fingerprint density at radius 1 is 1.41 bits per heavy atom. The molecule has 1 aliphatic heterocycles. The largest absolute Gasteiger partial charge is 0.490 e. The number of nitrogens with zero attached hydrogens (tertiary/aromatic N) is 2. The van der Waals surface area contributed by atoms with Gasteiger partial charge in [-0.3, -0.25) is 4.98 Å². The second-order valence-corrected chi connectivity index (χ2v) is 4.81. The Morgan fingerprint density at radius 2 is 2.32 bits per heavy atom. The van der Waals surface area contributed by atoms with Gasteiger partial charge in [-0.2, -0.15) is 4.98 Å². The summed E-state index contributed by atoms with van der Waals surface area (Å²) in [6.45, 7) is 0.495. The first-order chi connectivity index (χ1) is 10.8. The van der Waals surface area contributed by atoms with Crippen molar-refractivity contribution in [3.63, 3.8) is 0 Å². The molecule has 0 fully saturated rings. The third kappa shape index (κ3) is 3.09. The molecule has 0 saturated carbocycles. The van der Waals surface area contributed by atoms with Crippen LogP contribution in [0.3, 0.4) is 0 Å². The molecule has 3 rings (SSSR count). The summed E-state index contributed by atoms with van der Waals surface area (Å²) >= 11 is 0. The SMILES string of the molecule is OCCOc1cncc(N[C@H]2CCOc3c(F)cccc32)n1. The van der Waals surface area contributed by atoms with Crippen LogP contribution in [0.15, 0.2) is 30.6 Å². The quantitative estimate of drug-likeness (QED) is 0.879. The zero-order valence-corrected chi connectivity index (χ0v) is 11.8. The van der Waals surface area contributed by atoms with E-state index in [1.807, 2.05) is 6.07 Å². The summed E-state index contributed by atoms with van der Waals surface area (Å²) in [5.74, 6) is 0.769. The highest BCUT2D eigenvalue weighted by atomic mass is 19.1. The Kier molecular flexibility index (Phi) is 4.34. The van der Waals surface area contributed by atoms with Gasteiger partial charge >= 0.3 is 0 Å². The van der Waals surface area contributed by atoms with Gasteiger partial charge in [-0.15, -0.1) is 0 Å². The predicted octanol–water partition coefficient (Wildman–Crippen LogP) is 1.92. The average Bonchev–Trinajstić information content (AvgIpc) is 2.54. The zero-order valence-electron chi connectivity index (χ0n) is 11.8. The van der Waals surface area contributed by atoms with Crippen LogP contribution in [0, 0.1) is 5.82 Å². The van der Waals surface area contributed by atoms with Crippen LogP contribution < -0.4 is 14.8 Å². The standard InChI is InChI=1S/C15H16FN3O3/c16-11-3-1-2-10-12(4-6-22-15(10)11)18-13-8-17-9-14(19-13)21-7-5-20/h1-3,8-9,12,20H,4-7H2,(H,18,19)/t12-/m0/s1. The van der Waals surface area contributed by atoms with Crippen molar-refractivity contribution in [1.29, 1.82) is 0 Å². The number of aromatic nitrogens is 2. The summed E-state index contributed by atoms with van der Waals surface area (Å²) in [4.78, 5) is 8.30. The molecule has 1 aromatic carbocycles. The highest BCUT2D eigenvalue weighted by Crippen LogP contribution is 2.35. The average molecular weight is 305 g/mol. The summed E-state index contributed by atoms with van der Waals surface area (Å²) < 4.78 is 24.4. The molecule has 0 unspecified atom stereocenters. The van der Waals surface area contributed by atoms with Crippen molar-refractivity contribution < 1.29 is 19.0 Å². The number of hydrogen-bond acceptors (Lipinski definition) is 6. The summed E-state index contributed by atoms with van der Waals surface area (Å²) in [6, 6.07) is 4.75. The third-order valence-electron chi connectivity index (χ3n) is 3.30. The first-order valence-electron chi connectivity index (χ1n) is 7.01. The van der Waals surface area contributed by atoms with Crippen molar-refractivity contribution in [2.45, 2.75) is 12.5 Å². The lowest BCUT2D eigenvalue weighted by Crippen LogP contribution is -2.21. The molecule has 2 heterocycles. The third-order valence-corrected chi connectivity index (χ3v) is 3.30. The van der Waals surface area contributed by atoms with Crippen LogP contribution in [0.5, 0.6) is 11.6 Å². The molecule has 116 valence electrons. The lowest BCUT2D eigenvalue weighted by Gasteiger charge is -2.27. The molecule has 2 aromatic rings. The molecule has 2 N–H and O–H groups in total. The number of anilines is 1. The van der Waals surface area contributed by atoms with Gasteiger partial charge in [0, 0.05) is 12.0 Å². The molecule has 22 heavy (non-hydrogen) atoms. The first-order valence-corrected chi connectivity index (χ1v) is 7.01. The molecule has 0 spiro atoms. The van der Waals surface area contributed by atoms with E-state index in [1.165, 1.54) is 12.3 Å². The Hall–Kier alpha value is -2.41. The van der Waals surface area contributed by atoms with E-state index < -0.39 is 0 Å². The Morgan fingerprint density at radius 3 is 3.18 bits per heavy atom. The van der Waals surface area contributed by atoms with Crippen LogP contribution in [0.25, 0.3) is 0 Å². The maximum Gasteiger partial charge on any atom is 0.234 e. The number of ether oxygens (including phenoxy) is 2. The van der Waals surface area contributed by atoms with Crippen molar-refractivity contribution in [1.82, 2.24) is 9.97 Å². The number of rotatable bonds is 5. The summed E-state index contributed by atoms with van der Waals surface area (Å²) in [6.07, 6.45) is 3.73. The number of halogens is 1. The van der Waals surface area contributed by atoms with Gasteiger partial charge in [0.25, 0.3) is 0 Å². The van der Waals surface area contributed by atoms with Crippen molar-refractivity contribution in [2.24, 2.45) is 0 Å². The monoisotopic (exact) mass is 305 g/mol. The number of fused-ring (bicyclic) bond motifs is 1. The topological polar surface area (TPSA) is 76.5 Å². The molecule has 6 nitrogen and oxygen atoms in total. The normalized spacial score (nSPS) is 16.5. The van der Waals surface area contributed by atoms with E-state index in [4.69, 9.17) is 14.6 Å². The summed E-state index contributed by atoms with van der Waals surface area (Å²) in [5, 5.41) is 12.0. The van der Waals surface area contributed by atoms with Gasteiger partial charge in [-0.05, 0) is 6.07 Å². The number of nitrogens with one attached hydrogen (secondary N) is 1. The zero-order chi connectivity index (χ0) is 15.4. The summed E-state index contributed by atoms with van der Waals surface area (Å²) in [7, 11) is 0. The predicted molar refractivity (Wildman–Crippen MR) is 77.5 cm³/mol. The fourth-order valence-electron chi connectivity index (χ4n) is 2.35. The number of para-hydroxylation sites is 1. The van der Waals surface area contributed by atoms with Crippen LogP contribution in [0.1, 0.15) is 18.0 Å². The lowest BCUT2D eigenvalue weighted by atomic mass is 10.0. The fourth-order valence-corrected chi connectivity index (χ4v) is 2.35. The second kappa shape index (κ2) is 6.57. The van der Waals surface area contributed by atoms with Crippen LogP contribution in [-0.2, 0) is 0 Å². The number of aliphatic hydroxyl groups excluding tert-OH is 1. The van der Waals surface area contributed by atoms with E-state index in [0.29, 0.717) is 24.7 Å². The van der Waals surface area contributed by atoms with Crippen LogP contribution in [0.2, 0.25) is 0 Å². The maximum atomic E-state index is 13.8. The van der Waals surface area contributed by atoms with Crippen molar-refractivity contribution >= 4 is 5.82 Å². The lowest BCUT2D eigenvalue weighted by molar-refractivity contribution is 0.196. The van der Waals surface area contributed by atoms with Crippen LogP contribution in [-0.4, -0.2) is 34.9 Å². The van der Waals surface area contributed by atoms with E-state index in [0.717, 1.165) is 5.56 Å². The highest BCUT2D eigenvalue weighted by Gasteiger charge is 2.24. The molecule has 1 aromatic heterocycles. The maximum absolute atomic E-state index is 13.8. The Labute approximate surface area is 126 Å².